The Balaban J connectivity index is 3.27. The quantitative estimate of drug-likeness (QED) is 0.518. The molecule has 0 aromatic heterocycles. The van der Waals surface area contributed by atoms with E-state index in [-0.39, 0.29) is 6.54 Å². The Morgan fingerprint density at radius 1 is 1.35 bits per heavy atom. The summed E-state index contributed by atoms with van der Waals surface area (Å²) in [6.45, 7) is 6.72. The minimum atomic E-state index is -0.809. The second-order valence-corrected chi connectivity index (χ2v) is 4.42. The average molecular weight is 245 g/mol. The van der Waals surface area contributed by atoms with Gasteiger partial charge in [-0.2, -0.15) is 0 Å². The number of nitrogens with one attached hydrogen (secondary N) is 1. The molecule has 0 radical (unpaired) electrons. The van der Waals surface area contributed by atoms with Gasteiger partial charge in [-0.3, -0.25) is 4.79 Å². The van der Waals surface area contributed by atoms with Crippen LogP contribution in [-0.2, 0) is 9.53 Å². The zero-order valence-corrected chi connectivity index (χ0v) is 11.2. The van der Waals surface area contributed by atoms with Gasteiger partial charge in [0.05, 0.1) is 6.54 Å². The van der Waals surface area contributed by atoms with Crippen molar-refractivity contribution >= 4 is 5.97 Å². The summed E-state index contributed by atoms with van der Waals surface area (Å²) in [7, 11) is 0. The van der Waals surface area contributed by atoms with Crippen molar-refractivity contribution in [1.29, 1.82) is 0 Å². The van der Waals surface area contributed by atoms with Gasteiger partial charge in [-0.1, -0.05) is 33.1 Å². The lowest BCUT2D eigenvalue weighted by Gasteiger charge is -2.14. The first-order valence-electron chi connectivity index (χ1n) is 6.70. The van der Waals surface area contributed by atoms with Crippen molar-refractivity contribution in [3.8, 4) is 0 Å². The van der Waals surface area contributed by atoms with E-state index in [2.05, 4.69) is 19.2 Å². The number of hydrogen-bond acceptors (Lipinski definition) is 3. The number of unbranched alkanes of at least 4 members (excludes halogenated alkanes) is 1. The van der Waals surface area contributed by atoms with Gasteiger partial charge in [0.2, 0.25) is 0 Å². The molecule has 0 amide bonds. The van der Waals surface area contributed by atoms with Crippen LogP contribution in [0.25, 0.3) is 0 Å². The summed E-state index contributed by atoms with van der Waals surface area (Å²) < 4.78 is 5.60. The molecule has 0 aliphatic heterocycles. The van der Waals surface area contributed by atoms with Gasteiger partial charge in [0, 0.05) is 13.2 Å². The minimum absolute atomic E-state index is 0.0358. The topological polar surface area (TPSA) is 58.6 Å². The van der Waals surface area contributed by atoms with Gasteiger partial charge < -0.3 is 15.2 Å². The maximum absolute atomic E-state index is 10.2. The molecule has 0 saturated carbocycles. The van der Waals surface area contributed by atoms with Crippen molar-refractivity contribution in [3.05, 3.63) is 0 Å². The van der Waals surface area contributed by atoms with Gasteiger partial charge >= 0.3 is 5.97 Å². The number of carbonyl (C=O) groups is 1. The molecule has 102 valence electrons. The molecule has 17 heavy (non-hydrogen) atoms. The molecule has 0 bridgehead atoms. The van der Waals surface area contributed by atoms with Crippen LogP contribution in [0, 0.1) is 5.92 Å². The Kier molecular flexibility index (Phi) is 11.4. The molecule has 2 N–H and O–H groups in total. The second kappa shape index (κ2) is 11.9. The highest BCUT2D eigenvalue weighted by molar-refractivity contribution is 5.68. The van der Waals surface area contributed by atoms with E-state index in [0.717, 1.165) is 19.6 Å². The third kappa shape index (κ3) is 11.6. The van der Waals surface area contributed by atoms with Gasteiger partial charge in [-0.05, 0) is 25.3 Å². The van der Waals surface area contributed by atoms with Gasteiger partial charge in [0.1, 0.15) is 0 Å². The highest BCUT2D eigenvalue weighted by Gasteiger charge is 2.05. The Bertz CT molecular complexity index is 186. The SMILES string of the molecule is CCCCC(CC)COCCCNCC(=O)O. The van der Waals surface area contributed by atoms with Crippen LogP contribution in [0.15, 0.2) is 0 Å². The van der Waals surface area contributed by atoms with Crippen molar-refractivity contribution in [2.75, 3.05) is 26.3 Å². The number of ether oxygens (including phenoxy) is 1. The number of carboxylic acid groups (broad SMARTS) is 1. The van der Waals surface area contributed by atoms with Gasteiger partial charge in [-0.15, -0.1) is 0 Å². The van der Waals surface area contributed by atoms with Crippen LogP contribution >= 0.6 is 0 Å². The van der Waals surface area contributed by atoms with Crippen LogP contribution in [0.3, 0.4) is 0 Å². The highest BCUT2D eigenvalue weighted by atomic mass is 16.5. The fraction of sp³-hybridized carbons (Fsp3) is 0.923. The Labute approximate surface area is 105 Å². The molecular weight excluding hydrogens is 218 g/mol. The van der Waals surface area contributed by atoms with Crippen LogP contribution < -0.4 is 5.32 Å². The molecule has 0 aliphatic rings. The van der Waals surface area contributed by atoms with Crippen LogP contribution in [0.1, 0.15) is 46.0 Å². The van der Waals surface area contributed by atoms with Crippen LogP contribution in [0.2, 0.25) is 0 Å². The van der Waals surface area contributed by atoms with E-state index in [0.29, 0.717) is 12.5 Å². The fourth-order valence-electron chi connectivity index (χ4n) is 1.64. The number of rotatable bonds is 12. The predicted octanol–water partition coefficient (Wildman–Crippen LogP) is 2.28. The fourth-order valence-corrected chi connectivity index (χ4v) is 1.64. The maximum Gasteiger partial charge on any atom is 0.317 e. The van der Waals surface area contributed by atoms with E-state index in [1.54, 1.807) is 0 Å². The van der Waals surface area contributed by atoms with E-state index in [4.69, 9.17) is 9.84 Å². The molecular formula is C13H27NO3. The smallest absolute Gasteiger partial charge is 0.317 e. The zero-order chi connectivity index (χ0) is 12.9. The lowest BCUT2D eigenvalue weighted by molar-refractivity contribution is -0.135. The molecule has 0 saturated heterocycles. The molecule has 0 aliphatic carbocycles. The third-order valence-corrected chi connectivity index (χ3v) is 2.82. The standard InChI is InChI=1S/C13H27NO3/c1-3-5-7-12(4-2)11-17-9-6-8-14-10-13(15)16/h12,14H,3-11H2,1-2H3,(H,15,16). The molecule has 0 aromatic rings. The van der Waals surface area contributed by atoms with Gasteiger partial charge in [0.25, 0.3) is 0 Å². The summed E-state index contributed by atoms with van der Waals surface area (Å²) >= 11 is 0. The number of carboxylic acids is 1. The summed E-state index contributed by atoms with van der Waals surface area (Å²) in [5, 5.41) is 11.3. The molecule has 0 rings (SSSR count). The molecule has 4 nitrogen and oxygen atoms in total. The Morgan fingerprint density at radius 2 is 2.12 bits per heavy atom. The lowest BCUT2D eigenvalue weighted by Crippen LogP contribution is -2.24. The second-order valence-electron chi connectivity index (χ2n) is 4.42. The number of hydrogen-bond donors (Lipinski definition) is 2. The average Bonchev–Trinajstić information content (AvgIpc) is 2.31. The van der Waals surface area contributed by atoms with E-state index >= 15 is 0 Å². The lowest BCUT2D eigenvalue weighted by atomic mass is 10.0. The van der Waals surface area contributed by atoms with Gasteiger partial charge in [0.15, 0.2) is 0 Å². The van der Waals surface area contributed by atoms with E-state index in [1.165, 1.54) is 25.7 Å². The van der Waals surface area contributed by atoms with Gasteiger partial charge in [-0.25, -0.2) is 0 Å². The molecule has 4 heteroatoms. The first-order valence-corrected chi connectivity index (χ1v) is 6.70. The summed E-state index contributed by atoms with van der Waals surface area (Å²) in [6.07, 6.45) is 5.83. The monoisotopic (exact) mass is 245 g/mol. The summed E-state index contributed by atoms with van der Waals surface area (Å²) in [5.74, 6) is -0.126. The van der Waals surface area contributed by atoms with Crippen LogP contribution in [-0.4, -0.2) is 37.4 Å². The Hall–Kier alpha value is -0.610. The highest BCUT2D eigenvalue weighted by Crippen LogP contribution is 2.12. The normalized spacial score (nSPS) is 12.6. The van der Waals surface area contributed by atoms with E-state index < -0.39 is 5.97 Å². The van der Waals surface area contributed by atoms with Crippen molar-refractivity contribution in [2.45, 2.75) is 46.0 Å². The number of aliphatic carboxylic acids is 1. The third-order valence-electron chi connectivity index (χ3n) is 2.82. The van der Waals surface area contributed by atoms with Crippen molar-refractivity contribution in [3.63, 3.8) is 0 Å². The van der Waals surface area contributed by atoms with Crippen molar-refractivity contribution in [2.24, 2.45) is 5.92 Å². The predicted molar refractivity (Wildman–Crippen MR) is 69.2 cm³/mol. The van der Waals surface area contributed by atoms with Crippen LogP contribution in [0.5, 0.6) is 0 Å². The van der Waals surface area contributed by atoms with Crippen molar-refractivity contribution < 1.29 is 14.6 Å². The Morgan fingerprint density at radius 3 is 2.71 bits per heavy atom. The first-order chi connectivity index (χ1) is 8.20. The molecule has 1 atom stereocenters. The molecule has 0 spiro atoms. The maximum atomic E-state index is 10.2. The molecule has 0 aromatic carbocycles. The van der Waals surface area contributed by atoms with Crippen molar-refractivity contribution in [1.82, 2.24) is 5.32 Å². The largest absolute Gasteiger partial charge is 0.480 e. The molecule has 1 unspecified atom stereocenters. The molecule has 0 fully saturated rings. The van der Waals surface area contributed by atoms with E-state index in [1.807, 2.05) is 0 Å². The zero-order valence-electron chi connectivity index (χ0n) is 11.2. The molecule has 0 heterocycles. The summed E-state index contributed by atoms with van der Waals surface area (Å²) in [4.78, 5) is 10.2. The van der Waals surface area contributed by atoms with E-state index in [9.17, 15) is 4.79 Å². The summed E-state index contributed by atoms with van der Waals surface area (Å²) in [5.41, 5.74) is 0. The minimum Gasteiger partial charge on any atom is -0.480 e. The summed E-state index contributed by atoms with van der Waals surface area (Å²) in [6, 6.07) is 0. The first kappa shape index (κ1) is 16.4. The van der Waals surface area contributed by atoms with Crippen LogP contribution in [0.4, 0.5) is 0 Å².